The second kappa shape index (κ2) is 8.74. The van der Waals surface area contributed by atoms with Crippen LogP contribution in [0, 0.1) is 5.92 Å². The first-order valence-corrected chi connectivity index (χ1v) is 3.40. The Kier molecular flexibility index (Phi) is 14.3. The first-order valence-electron chi connectivity index (χ1n) is 3.40. The lowest BCUT2D eigenvalue weighted by Gasteiger charge is -2.08. The molecule has 0 rings (SSSR count). The van der Waals surface area contributed by atoms with Crippen LogP contribution in [-0.2, 0) is 0 Å². The third-order valence-electron chi connectivity index (χ3n) is 1.76. The summed E-state index contributed by atoms with van der Waals surface area (Å²) in [5.41, 5.74) is 1.38. The first kappa shape index (κ1) is 16.4. The Morgan fingerprint density at radius 2 is 1.70 bits per heavy atom. The molecule has 0 aromatic carbocycles. The van der Waals surface area contributed by atoms with Crippen molar-refractivity contribution in [2.24, 2.45) is 5.92 Å². The lowest BCUT2D eigenvalue weighted by atomic mass is 9.98. The molecule has 0 fully saturated rings. The Morgan fingerprint density at radius 3 is 1.80 bits per heavy atom. The van der Waals surface area contributed by atoms with Crippen LogP contribution in [0.5, 0.6) is 0 Å². The number of hydrogen-bond acceptors (Lipinski definition) is 0. The van der Waals surface area contributed by atoms with Crippen molar-refractivity contribution in [2.45, 2.75) is 48.5 Å². The zero-order chi connectivity index (χ0) is 6.57. The minimum atomic E-state index is 0. The van der Waals surface area contributed by atoms with E-state index in [0.29, 0.717) is 0 Å². The summed E-state index contributed by atoms with van der Waals surface area (Å²) in [4.78, 5) is 0. The Bertz CT molecular complexity index is 72.1. The molecule has 0 spiro atoms. The van der Waals surface area contributed by atoms with Gasteiger partial charge in [0.1, 0.15) is 0 Å². The average molecular weight is 144 g/mol. The topological polar surface area (TPSA) is 0 Å². The molecular formula is C10H24. The van der Waals surface area contributed by atoms with Crippen molar-refractivity contribution in [1.82, 2.24) is 0 Å². The molecule has 10 heavy (non-hydrogen) atoms. The zero-order valence-electron chi connectivity index (χ0n) is 6.20. The minimum absolute atomic E-state index is 0. The van der Waals surface area contributed by atoms with E-state index in [1.165, 1.54) is 12.0 Å². The lowest BCUT2D eigenvalue weighted by Crippen LogP contribution is -1.93. The summed E-state index contributed by atoms with van der Waals surface area (Å²) in [6.45, 7) is 10.5. The first-order chi connectivity index (χ1) is 3.72. The summed E-state index contributed by atoms with van der Waals surface area (Å²) >= 11 is 0. The fourth-order valence-electron chi connectivity index (χ4n) is 0.637. The molecule has 0 heterocycles. The highest BCUT2D eigenvalue weighted by Gasteiger charge is 1.98. The fourth-order valence-corrected chi connectivity index (χ4v) is 0.637. The Hall–Kier alpha value is -0.260. The highest BCUT2D eigenvalue weighted by Crippen LogP contribution is 2.13. The van der Waals surface area contributed by atoms with Crippen LogP contribution in [-0.4, -0.2) is 0 Å². The zero-order valence-corrected chi connectivity index (χ0v) is 6.20. The van der Waals surface area contributed by atoms with E-state index in [9.17, 15) is 0 Å². The largest absolute Gasteiger partial charge is 0.0996 e. The van der Waals surface area contributed by atoms with Gasteiger partial charge < -0.3 is 0 Å². The van der Waals surface area contributed by atoms with Crippen LogP contribution in [0.25, 0.3) is 0 Å². The van der Waals surface area contributed by atoms with Gasteiger partial charge in [-0.05, 0) is 18.8 Å². The Labute approximate surface area is 67.3 Å². The second-order valence-electron chi connectivity index (χ2n) is 2.32. The SMILES string of the molecule is C.C.C=C(CC)C(C)CC. The summed E-state index contributed by atoms with van der Waals surface area (Å²) in [5.74, 6) is 0.722. The molecule has 1 atom stereocenters. The van der Waals surface area contributed by atoms with Gasteiger partial charge in [-0.1, -0.05) is 47.8 Å². The van der Waals surface area contributed by atoms with Crippen LogP contribution in [0.2, 0.25) is 0 Å². The molecule has 0 aromatic rings. The molecule has 0 radical (unpaired) electrons. The molecule has 0 saturated heterocycles. The lowest BCUT2D eigenvalue weighted by molar-refractivity contribution is 0.636. The van der Waals surface area contributed by atoms with Crippen molar-refractivity contribution in [2.75, 3.05) is 0 Å². The van der Waals surface area contributed by atoms with Crippen molar-refractivity contribution in [3.05, 3.63) is 12.2 Å². The van der Waals surface area contributed by atoms with Crippen molar-refractivity contribution >= 4 is 0 Å². The Balaban J connectivity index is -0.000000245. The van der Waals surface area contributed by atoms with E-state index < -0.39 is 0 Å². The number of allylic oxidation sites excluding steroid dienone is 1. The summed E-state index contributed by atoms with van der Waals surface area (Å²) in [6.07, 6.45) is 2.36. The third kappa shape index (κ3) is 5.87. The van der Waals surface area contributed by atoms with Crippen LogP contribution >= 0.6 is 0 Å². The summed E-state index contributed by atoms with van der Waals surface area (Å²) < 4.78 is 0. The van der Waals surface area contributed by atoms with Gasteiger partial charge in [0.25, 0.3) is 0 Å². The van der Waals surface area contributed by atoms with Crippen molar-refractivity contribution < 1.29 is 0 Å². The van der Waals surface area contributed by atoms with Gasteiger partial charge in [-0.3, -0.25) is 0 Å². The van der Waals surface area contributed by atoms with Gasteiger partial charge in [-0.25, -0.2) is 0 Å². The van der Waals surface area contributed by atoms with Crippen molar-refractivity contribution in [1.29, 1.82) is 0 Å². The molecule has 64 valence electrons. The molecule has 0 bridgehead atoms. The van der Waals surface area contributed by atoms with Gasteiger partial charge in [-0.2, -0.15) is 0 Å². The van der Waals surface area contributed by atoms with E-state index in [1.54, 1.807) is 0 Å². The van der Waals surface area contributed by atoms with Crippen molar-refractivity contribution in [3.63, 3.8) is 0 Å². The van der Waals surface area contributed by atoms with E-state index in [4.69, 9.17) is 0 Å². The van der Waals surface area contributed by atoms with Gasteiger partial charge in [0.05, 0.1) is 0 Å². The average Bonchev–Trinajstić information content (AvgIpc) is 1.84. The van der Waals surface area contributed by atoms with Crippen molar-refractivity contribution in [3.8, 4) is 0 Å². The third-order valence-corrected chi connectivity index (χ3v) is 1.76. The highest BCUT2D eigenvalue weighted by molar-refractivity contribution is 4.96. The Morgan fingerprint density at radius 1 is 1.30 bits per heavy atom. The number of rotatable bonds is 3. The molecule has 0 N–H and O–H groups in total. The quantitative estimate of drug-likeness (QED) is 0.519. The molecular weight excluding hydrogens is 120 g/mol. The van der Waals surface area contributed by atoms with E-state index in [1.807, 2.05) is 0 Å². The molecule has 0 nitrogen and oxygen atoms in total. The van der Waals surface area contributed by atoms with Gasteiger partial charge in [-0.15, -0.1) is 0 Å². The molecule has 0 amide bonds. The molecule has 1 unspecified atom stereocenters. The minimum Gasteiger partial charge on any atom is -0.0996 e. The maximum absolute atomic E-state index is 3.94. The molecule has 0 aliphatic rings. The van der Waals surface area contributed by atoms with Gasteiger partial charge in [0.2, 0.25) is 0 Å². The second-order valence-corrected chi connectivity index (χ2v) is 2.32. The van der Waals surface area contributed by atoms with E-state index >= 15 is 0 Å². The summed E-state index contributed by atoms with van der Waals surface area (Å²) in [5, 5.41) is 0. The van der Waals surface area contributed by atoms with Gasteiger partial charge in [0.15, 0.2) is 0 Å². The maximum Gasteiger partial charge on any atom is -0.0237 e. The summed E-state index contributed by atoms with van der Waals surface area (Å²) in [6, 6.07) is 0. The van der Waals surface area contributed by atoms with Crippen LogP contribution in [0.3, 0.4) is 0 Å². The van der Waals surface area contributed by atoms with Crippen LogP contribution in [0.4, 0.5) is 0 Å². The van der Waals surface area contributed by atoms with Crippen LogP contribution in [0.1, 0.15) is 48.5 Å². The van der Waals surface area contributed by atoms with Crippen LogP contribution in [0.15, 0.2) is 12.2 Å². The highest BCUT2D eigenvalue weighted by atomic mass is 14.0. The molecule has 0 aromatic heterocycles. The molecule has 0 aliphatic carbocycles. The van der Waals surface area contributed by atoms with Gasteiger partial charge >= 0.3 is 0 Å². The van der Waals surface area contributed by atoms with Gasteiger partial charge in [0, 0.05) is 0 Å². The van der Waals surface area contributed by atoms with E-state index in [2.05, 4.69) is 27.4 Å². The van der Waals surface area contributed by atoms with E-state index in [-0.39, 0.29) is 14.9 Å². The standard InChI is InChI=1S/C8H16.2CH4/c1-5-7(3)8(4)6-2;;/h8H,3,5-6H2,1-2,4H3;2*1H4. The predicted molar refractivity (Wildman–Crippen MR) is 52.3 cm³/mol. The fraction of sp³-hybridized carbons (Fsp3) is 0.800. The molecule has 0 heteroatoms. The maximum atomic E-state index is 3.94. The number of hydrogen-bond donors (Lipinski definition) is 0. The van der Waals surface area contributed by atoms with E-state index in [0.717, 1.165) is 12.3 Å². The predicted octanol–water partition coefficient (Wildman–Crippen LogP) is 4.27. The molecule has 0 aliphatic heterocycles. The molecule has 0 saturated carbocycles. The normalized spacial score (nSPS) is 10.7. The summed E-state index contributed by atoms with van der Waals surface area (Å²) in [7, 11) is 0. The smallest absolute Gasteiger partial charge is 0.0237 e. The van der Waals surface area contributed by atoms with Crippen LogP contribution < -0.4 is 0 Å². The monoisotopic (exact) mass is 144 g/mol.